The molecule has 1 aromatic heterocycles. The number of aromatic amines is 1. The van der Waals surface area contributed by atoms with Gasteiger partial charge in [-0.15, -0.1) is 0 Å². The molecule has 0 saturated carbocycles. The number of H-pyrrole nitrogens is 1. The van der Waals surface area contributed by atoms with Crippen LogP contribution in [0.5, 0.6) is 11.5 Å². The summed E-state index contributed by atoms with van der Waals surface area (Å²) in [6, 6.07) is 26.3. The zero-order valence-corrected chi connectivity index (χ0v) is 12.0. The Labute approximate surface area is 129 Å². The van der Waals surface area contributed by atoms with Crippen molar-refractivity contribution in [3.8, 4) is 22.6 Å². The van der Waals surface area contributed by atoms with Gasteiger partial charge in [-0.05, 0) is 24.3 Å². The third kappa shape index (κ3) is 2.25. The van der Waals surface area contributed by atoms with Gasteiger partial charge in [-0.2, -0.15) is 0 Å². The smallest absolute Gasteiger partial charge is 0.135 e. The molecule has 0 unspecified atom stereocenters. The number of nitrogens with one attached hydrogen (secondary N) is 1. The first-order valence-corrected chi connectivity index (χ1v) is 7.30. The van der Waals surface area contributed by atoms with E-state index in [2.05, 4.69) is 29.2 Å². The van der Waals surface area contributed by atoms with E-state index in [0.29, 0.717) is 0 Å². The zero-order valence-electron chi connectivity index (χ0n) is 12.0. The fourth-order valence-corrected chi connectivity index (χ4v) is 2.69. The van der Waals surface area contributed by atoms with E-state index in [0.717, 1.165) is 28.1 Å². The Kier molecular flexibility index (Phi) is 3.13. The molecule has 2 nitrogen and oxygen atoms in total. The minimum Gasteiger partial charge on any atom is -0.457 e. The molecule has 1 heterocycles. The van der Waals surface area contributed by atoms with Gasteiger partial charge in [0.2, 0.25) is 0 Å². The van der Waals surface area contributed by atoms with Crippen molar-refractivity contribution in [3.63, 3.8) is 0 Å². The Morgan fingerprint density at radius 2 is 1.36 bits per heavy atom. The summed E-state index contributed by atoms with van der Waals surface area (Å²) in [5.41, 5.74) is 3.37. The van der Waals surface area contributed by atoms with Crippen LogP contribution in [0.15, 0.2) is 85.1 Å². The van der Waals surface area contributed by atoms with Gasteiger partial charge in [0.05, 0.1) is 0 Å². The molecule has 0 aliphatic carbocycles. The number of hydrogen-bond donors (Lipinski definition) is 1. The zero-order chi connectivity index (χ0) is 14.8. The first-order valence-electron chi connectivity index (χ1n) is 7.30. The topological polar surface area (TPSA) is 25.0 Å². The molecule has 0 atom stereocenters. The summed E-state index contributed by atoms with van der Waals surface area (Å²) in [6.45, 7) is 0. The molecule has 106 valence electrons. The van der Waals surface area contributed by atoms with Crippen LogP contribution in [0, 0.1) is 0 Å². The van der Waals surface area contributed by atoms with Crippen molar-refractivity contribution >= 4 is 10.9 Å². The SMILES string of the molecule is c1ccc(Oc2ccccc2-c2c[nH]c3ccccc23)cc1. The van der Waals surface area contributed by atoms with E-state index in [1.165, 1.54) is 5.39 Å². The molecule has 0 spiro atoms. The quantitative estimate of drug-likeness (QED) is 0.518. The second-order valence-corrected chi connectivity index (χ2v) is 5.16. The van der Waals surface area contributed by atoms with E-state index in [9.17, 15) is 0 Å². The number of hydrogen-bond acceptors (Lipinski definition) is 1. The summed E-state index contributed by atoms with van der Waals surface area (Å²) < 4.78 is 6.07. The van der Waals surface area contributed by atoms with Gasteiger partial charge in [0.15, 0.2) is 0 Å². The normalized spacial score (nSPS) is 10.7. The lowest BCUT2D eigenvalue weighted by molar-refractivity contribution is 0.484. The van der Waals surface area contributed by atoms with Crippen molar-refractivity contribution in [1.29, 1.82) is 0 Å². The van der Waals surface area contributed by atoms with E-state index in [1.54, 1.807) is 0 Å². The molecule has 22 heavy (non-hydrogen) atoms. The van der Waals surface area contributed by atoms with Crippen molar-refractivity contribution in [1.82, 2.24) is 4.98 Å². The molecule has 4 rings (SSSR count). The summed E-state index contributed by atoms with van der Waals surface area (Å²) in [7, 11) is 0. The number of ether oxygens (including phenoxy) is 1. The predicted octanol–water partition coefficient (Wildman–Crippen LogP) is 5.63. The number of aromatic nitrogens is 1. The lowest BCUT2D eigenvalue weighted by Gasteiger charge is -2.10. The highest BCUT2D eigenvalue weighted by Gasteiger charge is 2.11. The molecule has 0 aliphatic rings. The van der Waals surface area contributed by atoms with Crippen LogP contribution >= 0.6 is 0 Å². The van der Waals surface area contributed by atoms with Crippen LogP contribution in [0.1, 0.15) is 0 Å². The van der Waals surface area contributed by atoms with Gasteiger partial charge < -0.3 is 9.72 Å². The Balaban J connectivity index is 1.82. The van der Waals surface area contributed by atoms with Gasteiger partial charge in [0.25, 0.3) is 0 Å². The average molecular weight is 285 g/mol. The van der Waals surface area contributed by atoms with Crippen molar-refractivity contribution < 1.29 is 4.74 Å². The van der Waals surface area contributed by atoms with Crippen LogP contribution in [0.25, 0.3) is 22.0 Å². The van der Waals surface area contributed by atoms with Gasteiger partial charge >= 0.3 is 0 Å². The predicted molar refractivity (Wildman–Crippen MR) is 90.3 cm³/mol. The van der Waals surface area contributed by atoms with Gasteiger partial charge in [-0.3, -0.25) is 0 Å². The number of rotatable bonds is 3. The maximum absolute atomic E-state index is 6.07. The largest absolute Gasteiger partial charge is 0.457 e. The third-order valence-electron chi connectivity index (χ3n) is 3.74. The number of fused-ring (bicyclic) bond motifs is 1. The fraction of sp³-hybridized carbons (Fsp3) is 0. The van der Waals surface area contributed by atoms with E-state index < -0.39 is 0 Å². The highest BCUT2D eigenvalue weighted by molar-refractivity contribution is 5.96. The number of para-hydroxylation sites is 3. The third-order valence-corrected chi connectivity index (χ3v) is 3.74. The van der Waals surface area contributed by atoms with Gasteiger partial charge in [0.1, 0.15) is 11.5 Å². The lowest BCUT2D eigenvalue weighted by Crippen LogP contribution is -1.87. The Bertz CT molecular complexity index is 909. The van der Waals surface area contributed by atoms with Crippen LogP contribution in [0.2, 0.25) is 0 Å². The molecule has 0 saturated heterocycles. The Hall–Kier alpha value is -3.00. The van der Waals surface area contributed by atoms with E-state index >= 15 is 0 Å². The summed E-state index contributed by atoms with van der Waals surface area (Å²) in [5.74, 6) is 1.70. The Morgan fingerprint density at radius 3 is 2.27 bits per heavy atom. The molecule has 1 N–H and O–H groups in total. The van der Waals surface area contributed by atoms with Crippen molar-refractivity contribution in [2.75, 3.05) is 0 Å². The second-order valence-electron chi connectivity index (χ2n) is 5.16. The fourth-order valence-electron chi connectivity index (χ4n) is 2.69. The molecule has 0 bridgehead atoms. The average Bonchev–Trinajstić information content (AvgIpc) is 3.00. The summed E-state index contributed by atoms with van der Waals surface area (Å²) >= 11 is 0. The summed E-state index contributed by atoms with van der Waals surface area (Å²) in [5, 5.41) is 1.20. The van der Waals surface area contributed by atoms with Crippen molar-refractivity contribution in [2.24, 2.45) is 0 Å². The molecule has 3 aromatic carbocycles. The van der Waals surface area contributed by atoms with Crippen LogP contribution in [0.3, 0.4) is 0 Å². The molecule has 4 aromatic rings. The van der Waals surface area contributed by atoms with Gasteiger partial charge in [0, 0.05) is 28.2 Å². The Morgan fingerprint density at radius 1 is 0.636 bits per heavy atom. The first kappa shape index (κ1) is 12.7. The summed E-state index contributed by atoms with van der Waals surface area (Å²) in [6.07, 6.45) is 2.04. The molecular formula is C20H15NO. The maximum Gasteiger partial charge on any atom is 0.135 e. The van der Waals surface area contributed by atoms with Crippen LogP contribution in [-0.4, -0.2) is 4.98 Å². The van der Waals surface area contributed by atoms with Gasteiger partial charge in [-0.1, -0.05) is 54.6 Å². The number of benzene rings is 3. The molecule has 0 aliphatic heterocycles. The van der Waals surface area contributed by atoms with Crippen LogP contribution < -0.4 is 4.74 Å². The highest BCUT2D eigenvalue weighted by Crippen LogP contribution is 2.36. The van der Waals surface area contributed by atoms with Crippen molar-refractivity contribution in [2.45, 2.75) is 0 Å². The maximum atomic E-state index is 6.07. The van der Waals surface area contributed by atoms with Gasteiger partial charge in [-0.25, -0.2) is 0 Å². The summed E-state index contributed by atoms with van der Waals surface area (Å²) in [4.78, 5) is 3.32. The molecule has 0 radical (unpaired) electrons. The highest BCUT2D eigenvalue weighted by atomic mass is 16.5. The van der Waals surface area contributed by atoms with E-state index in [1.807, 2.05) is 60.8 Å². The molecule has 0 fully saturated rings. The molecule has 2 heteroatoms. The minimum atomic E-state index is 0.842. The molecule has 0 amide bonds. The van der Waals surface area contributed by atoms with E-state index in [-0.39, 0.29) is 0 Å². The van der Waals surface area contributed by atoms with E-state index in [4.69, 9.17) is 4.74 Å². The minimum absolute atomic E-state index is 0.842. The first-order chi connectivity index (χ1) is 10.9. The van der Waals surface area contributed by atoms with Crippen molar-refractivity contribution in [3.05, 3.63) is 85.1 Å². The van der Waals surface area contributed by atoms with Crippen LogP contribution in [-0.2, 0) is 0 Å². The lowest BCUT2D eigenvalue weighted by atomic mass is 10.0. The monoisotopic (exact) mass is 285 g/mol. The standard InChI is InChI=1S/C20H15NO/c1-2-8-15(9-3-1)22-20-13-7-5-11-17(20)18-14-21-19-12-6-4-10-16(18)19/h1-14,21H. The van der Waals surface area contributed by atoms with Crippen LogP contribution in [0.4, 0.5) is 0 Å². The molecular weight excluding hydrogens is 270 g/mol. The second kappa shape index (κ2) is 5.41.